The minimum absolute atomic E-state index is 0.107. The van der Waals surface area contributed by atoms with E-state index in [0.29, 0.717) is 12.6 Å². The third-order valence-electron chi connectivity index (χ3n) is 1.83. The number of rotatable bonds is 4. The van der Waals surface area contributed by atoms with Crippen molar-refractivity contribution in [3.8, 4) is 0 Å². The van der Waals surface area contributed by atoms with E-state index in [0.717, 1.165) is 11.6 Å². The summed E-state index contributed by atoms with van der Waals surface area (Å²) in [5.74, 6) is -2.96. The van der Waals surface area contributed by atoms with Crippen molar-refractivity contribution in [3.63, 3.8) is 0 Å². The first-order valence-electron chi connectivity index (χ1n) is 4.49. The molecule has 0 amide bonds. The molecule has 0 saturated heterocycles. The highest BCUT2D eigenvalue weighted by molar-refractivity contribution is 5.20. The Labute approximate surface area is 86.6 Å². The molecule has 0 aliphatic heterocycles. The summed E-state index contributed by atoms with van der Waals surface area (Å²) in [7, 11) is 0. The second kappa shape index (κ2) is 4.98. The normalized spacial score (nSPS) is 10.4. The van der Waals surface area contributed by atoms with E-state index in [1.807, 2.05) is 6.92 Å². The van der Waals surface area contributed by atoms with Gasteiger partial charge in [0.2, 0.25) is 0 Å². The molecule has 15 heavy (non-hydrogen) atoms. The molecule has 0 spiro atoms. The van der Waals surface area contributed by atoms with Crippen molar-refractivity contribution >= 4 is 0 Å². The summed E-state index contributed by atoms with van der Waals surface area (Å²) in [6.45, 7) is 6.13. The minimum atomic E-state index is -1.17. The van der Waals surface area contributed by atoms with Crippen LogP contribution < -0.4 is 5.32 Å². The topological polar surface area (TPSA) is 12.0 Å². The van der Waals surface area contributed by atoms with Crippen LogP contribution in [0.2, 0.25) is 0 Å². The molecule has 1 aromatic carbocycles. The van der Waals surface area contributed by atoms with Crippen LogP contribution in [0.4, 0.5) is 13.2 Å². The molecule has 1 N–H and O–H groups in total. The van der Waals surface area contributed by atoms with E-state index >= 15 is 0 Å². The summed E-state index contributed by atoms with van der Waals surface area (Å²) in [5.41, 5.74) is 0.994. The molecule has 1 aromatic rings. The van der Waals surface area contributed by atoms with E-state index in [-0.39, 0.29) is 12.1 Å². The molecular formula is C11H12F3N. The smallest absolute Gasteiger partial charge is 0.161 e. The van der Waals surface area contributed by atoms with Gasteiger partial charge in [-0.25, -0.2) is 13.2 Å². The zero-order valence-corrected chi connectivity index (χ0v) is 8.41. The summed E-state index contributed by atoms with van der Waals surface area (Å²) >= 11 is 0. The van der Waals surface area contributed by atoms with Gasteiger partial charge in [0, 0.05) is 24.7 Å². The van der Waals surface area contributed by atoms with E-state index < -0.39 is 17.5 Å². The fraction of sp³-hybridized carbons (Fsp3) is 0.273. The molecule has 0 aromatic heterocycles. The molecule has 4 heteroatoms. The highest BCUT2D eigenvalue weighted by Crippen LogP contribution is 2.13. The van der Waals surface area contributed by atoms with Crippen LogP contribution in [0, 0.1) is 17.5 Å². The van der Waals surface area contributed by atoms with E-state index in [1.54, 1.807) is 0 Å². The molecule has 82 valence electrons. The van der Waals surface area contributed by atoms with Crippen LogP contribution in [0.25, 0.3) is 0 Å². The Balaban J connectivity index is 2.69. The van der Waals surface area contributed by atoms with Gasteiger partial charge in [0.15, 0.2) is 11.6 Å². The molecule has 0 fully saturated rings. The van der Waals surface area contributed by atoms with Crippen LogP contribution in [0.3, 0.4) is 0 Å². The van der Waals surface area contributed by atoms with Crippen LogP contribution in [0.15, 0.2) is 24.3 Å². The van der Waals surface area contributed by atoms with Gasteiger partial charge >= 0.3 is 0 Å². The van der Waals surface area contributed by atoms with Gasteiger partial charge in [-0.2, -0.15) is 0 Å². The van der Waals surface area contributed by atoms with Gasteiger partial charge in [0.1, 0.15) is 5.82 Å². The first-order valence-corrected chi connectivity index (χ1v) is 4.49. The lowest BCUT2D eigenvalue weighted by atomic mass is 10.2. The monoisotopic (exact) mass is 215 g/mol. The third kappa shape index (κ3) is 3.40. The van der Waals surface area contributed by atoms with Crippen LogP contribution in [-0.2, 0) is 6.54 Å². The maximum absolute atomic E-state index is 13.1. The molecular weight excluding hydrogens is 203 g/mol. The number of hydrogen-bond donors (Lipinski definition) is 1. The van der Waals surface area contributed by atoms with Crippen molar-refractivity contribution in [1.29, 1.82) is 0 Å². The van der Waals surface area contributed by atoms with Gasteiger partial charge in [-0.3, -0.25) is 0 Å². The van der Waals surface area contributed by atoms with Gasteiger partial charge < -0.3 is 5.32 Å². The van der Waals surface area contributed by atoms with Crippen LogP contribution in [0.5, 0.6) is 0 Å². The van der Waals surface area contributed by atoms with Gasteiger partial charge in [0.05, 0.1) is 0 Å². The van der Waals surface area contributed by atoms with E-state index in [9.17, 15) is 13.2 Å². The molecule has 0 bridgehead atoms. The largest absolute Gasteiger partial charge is 0.309 e. The second-order valence-electron chi connectivity index (χ2n) is 3.42. The van der Waals surface area contributed by atoms with Crippen molar-refractivity contribution in [2.45, 2.75) is 13.5 Å². The lowest BCUT2D eigenvalue weighted by molar-refractivity contribution is 0.487. The fourth-order valence-corrected chi connectivity index (χ4v) is 1.11. The SMILES string of the molecule is C=C(C)CNCc1cc(F)c(F)cc1F. The van der Waals surface area contributed by atoms with E-state index in [4.69, 9.17) is 0 Å². The summed E-state index contributed by atoms with van der Waals surface area (Å²) in [6, 6.07) is 1.41. The fourth-order valence-electron chi connectivity index (χ4n) is 1.11. The molecule has 0 heterocycles. The van der Waals surface area contributed by atoms with Gasteiger partial charge in [-0.05, 0) is 13.0 Å². The van der Waals surface area contributed by atoms with Crippen molar-refractivity contribution < 1.29 is 13.2 Å². The van der Waals surface area contributed by atoms with Gasteiger partial charge in [-0.15, -0.1) is 0 Å². The summed E-state index contributed by atoms with van der Waals surface area (Å²) < 4.78 is 38.4. The number of halogens is 3. The standard InChI is InChI=1S/C11H12F3N/c1-7(2)5-15-6-8-3-10(13)11(14)4-9(8)12/h3-4,15H,1,5-6H2,2H3. The molecule has 1 rings (SSSR count). The van der Waals surface area contributed by atoms with Crippen LogP contribution >= 0.6 is 0 Å². The zero-order valence-electron chi connectivity index (χ0n) is 8.41. The predicted molar refractivity (Wildman–Crippen MR) is 52.8 cm³/mol. The number of hydrogen-bond acceptors (Lipinski definition) is 1. The Morgan fingerprint density at radius 2 is 1.80 bits per heavy atom. The lowest BCUT2D eigenvalue weighted by Crippen LogP contribution is -2.16. The maximum Gasteiger partial charge on any atom is 0.161 e. The number of benzene rings is 1. The Bertz CT molecular complexity index is 374. The molecule has 0 unspecified atom stereocenters. The lowest BCUT2D eigenvalue weighted by Gasteiger charge is -2.06. The van der Waals surface area contributed by atoms with Crippen molar-refractivity contribution in [2.24, 2.45) is 0 Å². The van der Waals surface area contributed by atoms with Crippen LogP contribution in [0.1, 0.15) is 12.5 Å². The first kappa shape index (κ1) is 11.8. The van der Waals surface area contributed by atoms with Crippen molar-refractivity contribution in [2.75, 3.05) is 6.54 Å². The highest BCUT2D eigenvalue weighted by Gasteiger charge is 2.08. The predicted octanol–water partition coefficient (Wildman–Crippen LogP) is 2.77. The quantitative estimate of drug-likeness (QED) is 0.601. The van der Waals surface area contributed by atoms with Gasteiger partial charge in [0.25, 0.3) is 0 Å². The highest BCUT2D eigenvalue weighted by atomic mass is 19.2. The average Bonchev–Trinajstić information content (AvgIpc) is 2.13. The number of nitrogens with one attached hydrogen (secondary N) is 1. The average molecular weight is 215 g/mol. The molecule has 0 radical (unpaired) electrons. The Morgan fingerprint density at radius 3 is 2.40 bits per heavy atom. The third-order valence-corrected chi connectivity index (χ3v) is 1.83. The Morgan fingerprint density at radius 1 is 1.20 bits per heavy atom. The van der Waals surface area contributed by atoms with Gasteiger partial charge in [-0.1, -0.05) is 12.2 Å². The molecule has 0 atom stereocenters. The van der Waals surface area contributed by atoms with Crippen LogP contribution in [-0.4, -0.2) is 6.54 Å². The van der Waals surface area contributed by atoms with E-state index in [2.05, 4.69) is 11.9 Å². The molecule has 1 nitrogen and oxygen atoms in total. The Hall–Kier alpha value is -1.29. The summed E-state index contributed by atoms with van der Waals surface area (Å²) in [5, 5.41) is 2.86. The minimum Gasteiger partial charge on any atom is -0.309 e. The Kier molecular flexibility index (Phi) is 3.91. The maximum atomic E-state index is 13.1. The summed E-state index contributed by atoms with van der Waals surface area (Å²) in [4.78, 5) is 0. The zero-order chi connectivity index (χ0) is 11.4. The molecule has 0 aliphatic rings. The van der Waals surface area contributed by atoms with E-state index in [1.165, 1.54) is 0 Å². The summed E-state index contributed by atoms with van der Waals surface area (Å²) in [6.07, 6.45) is 0. The van der Waals surface area contributed by atoms with Crippen molar-refractivity contribution in [1.82, 2.24) is 5.32 Å². The molecule has 0 saturated carbocycles. The second-order valence-corrected chi connectivity index (χ2v) is 3.42. The van der Waals surface area contributed by atoms with Crippen molar-refractivity contribution in [3.05, 3.63) is 47.3 Å². The molecule has 0 aliphatic carbocycles. The first-order chi connectivity index (χ1) is 7.00.